The zero-order valence-corrected chi connectivity index (χ0v) is 11.0. The van der Waals surface area contributed by atoms with E-state index >= 15 is 0 Å². The number of piperazine rings is 1. The molecule has 9 heteroatoms. The van der Waals surface area contributed by atoms with Gasteiger partial charge in [-0.15, -0.1) is 0 Å². The topological polar surface area (TPSA) is 66.7 Å². The minimum atomic E-state index is -3.46. The predicted molar refractivity (Wildman–Crippen MR) is 63.1 cm³/mol. The Kier molecular flexibility index (Phi) is 4.48. The molecule has 108 valence electrons. The molecule has 1 fully saturated rings. The first kappa shape index (κ1) is 14.4. The van der Waals surface area contributed by atoms with Crippen LogP contribution in [0.4, 0.5) is 8.78 Å². The highest BCUT2D eigenvalue weighted by Gasteiger charge is 2.28. The molecule has 1 aromatic rings. The Hall–Kier alpha value is -1.06. The van der Waals surface area contributed by atoms with E-state index in [1.165, 1.54) is 16.6 Å². The van der Waals surface area contributed by atoms with Gasteiger partial charge in [-0.2, -0.15) is 4.31 Å². The molecule has 1 aliphatic heterocycles. The fourth-order valence-corrected chi connectivity index (χ4v) is 3.40. The van der Waals surface area contributed by atoms with Crippen molar-refractivity contribution in [2.24, 2.45) is 0 Å². The van der Waals surface area contributed by atoms with Crippen LogP contribution in [0, 0.1) is 0 Å². The third-order valence-electron chi connectivity index (χ3n) is 2.94. The molecular formula is C10H15F2N3O3S. The summed E-state index contributed by atoms with van der Waals surface area (Å²) < 4.78 is 54.4. The van der Waals surface area contributed by atoms with Crippen LogP contribution in [-0.4, -0.2) is 61.9 Å². The smallest absolute Gasteiger partial charge is 0.251 e. The number of rotatable bonds is 5. The maximum Gasteiger partial charge on any atom is 0.251 e. The zero-order chi connectivity index (χ0) is 13.9. The van der Waals surface area contributed by atoms with Crippen LogP contribution in [0.3, 0.4) is 0 Å². The second kappa shape index (κ2) is 5.93. The van der Waals surface area contributed by atoms with Gasteiger partial charge in [0.25, 0.3) is 6.43 Å². The lowest BCUT2D eigenvalue weighted by molar-refractivity contribution is 0.0716. The number of halogens is 2. The minimum absolute atomic E-state index is 0.224. The summed E-state index contributed by atoms with van der Waals surface area (Å²) in [4.78, 5) is 1.56. The van der Waals surface area contributed by atoms with Crippen LogP contribution in [0.25, 0.3) is 0 Å². The molecule has 19 heavy (non-hydrogen) atoms. The molecule has 1 saturated heterocycles. The summed E-state index contributed by atoms with van der Waals surface area (Å²) >= 11 is 0. The largest absolute Gasteiger partial charge is 0.364 e. The van der Waals surface area contributed by atoms with Crippen molar-refractivity contribution < 1.29 is 21.7 Å². The molecule has 0 aromatic carbocycles. The van der Waals surface area contributed by atoms with Gasteiger partial charge in [-0.05, 0) is 0 Å². The van der Waals surface area contributed by atoms with Gasteiger partial charge in [0, 0.05) is 32.2 Å². The molecule has 1 aromatic heterocycles. The van der Waals surface area contributed by atoms with E-state index in [0.29, 0.717) is 18.8 Å². The van der Waals surface area contributed by atoms with Crippen molar-refractivity contribution in [3.8, 4) is 0 Å². The van der Waals surface area contributed by atoms with Gasteiger partial charge in [0.1, 0.15) is 12.0 Å². The van der Waals surface area contributed by atoms with E-state index in [1.54, 1.807) is 4.90 Å². The Labute approximate surface area is 110 Å². The Balaban J connectivity index is 1.89. The van der Waals surface area contributed by atoms with Crippen molar-refractivity contribution in [3.05, 3.63) is 18.0 Å². The van der Waals surface area contributed by atoms with Crippen LogP contribution in [0.5, 0.6) is 0 Å². The molecule has 0 bridgehead atoms. The highest BCUT2D eigenvalue weighted by Crippen LogP contribution is 2.13. The maximum atomic E-state index is 12.2. The van der Waals surface area contributed by atoms with Crippen molar-refractivity contribution >= 4 is 10.0 Å². The van der Waals surface area contributed by atoms with E-state index in [4.69, 9.17) is 0 Å². The third-order valence-corrected chi connectivity index (χ3v) is 4.75. The van der Waals surface area contributed by atoms with Crippen LogP contribution < -0.4 is 0 Å². The average Bonchev–Trinajstić information content (AvgIpc) is 2.81. The maximum absolute atomic E-state index is 12.2. The van der Waals surface area contributed by atoms with Crippen molar-refractivity contribution in [3.63, 3.8) is 0 Å². The number of sulfonamides is 1. The van der Waals surface area contributed by atoms with Crippen molar-refractivity contribution in [1.29, 1.82) is 0 Å². The third kappa shape index (κ3) is 3.95. The van der Waals surface area contributed by atoms with E-state index < -0.39 is 16.4 Å². The minimum Gasteiger partial charge on any atom is -0.364 e. The van der Waals surface area contributed by atoms with E-state index in [9.17, 15) is 17.2 Å². The summed E-state index contributed by atoms with van der Waals surface area (Å²) in [6, 6.07) is 1.49. The van der Waals surface area contributed by atoms with Crippen molar-refractivity contribution in [2.75, 3.05) is 32.7 Å². The van der Waals surface area contributed by atoms with Gasteiger partial charge in [-0.25, -0.2) is 17.2 Å². The Morgan fingerprint density at radius 2 is 2.00 bits per heavy atom. The predicted octanol–water partition coefficient (Wildman–Crippen LogP) is 0.387. The van der Waals surface area contributed by atoms with Gasteiger partial charge in [0.05, 0.1) is 12.2 Å². The first-order valence-electron chi connectivity index (χ1n) is 5.85. The molecule has 0 atom stereocenters. The second-order valence-corrected chi connectivity index (χ2v) is 6.31. The lowest BCUT2D eigenvalue weighted by Crippen LogP contribution is -2.49. The first-order chi connectivity index (χ1) is 8.97. The van der Waals surface area contributed by atoms with E-state index in [2.05, 4.69) is 9.68 Å². The number of hydrogen-bond donors (Lipinski definition) is 0. The second-order valence-electron chi connectivity index (χ2n) is 4.34. The molecule has 6 nitrogen and oxygen atoms in total. The fourth-order valence-electron chi connectivity index (χ4n) is 1.98. The standard InChI is InChI=1S/C10H15F2N3O3S/c11-10(12)7-14-2-4-15(5-3-14)19(16,17)8-9-1-6-18-13-9/h1,6,10H,2-5,7-8H2. The fraction of sp³-hybridized carbons (Fsp3) is 0.700. The molecule has 0 amide bonds. The summed E-state index contributed by atoms with van der Waals surface area (Å²) in [6.07, 6.45) is -1.08. The van der Waals surface area contributed by atoms with E-state index in [0.717, 1.165) is 0 Å². The summed E-state index contributed by atoms with van der Waals surface area (Å²) in [7, 11) is -3.46. The summed E-state index contributed by atoms with van der Waals surface area (Å²) in [6.45, 7) is 0.793. The number of hydrogen-bond acceptors (Lipinski definition) is 5. The highest BCUT2D eigenvalue weighted by molar-refractivity contribution is 7.88. The van der Waals surface area contributed by atoms with Crippen LogP contribution in [0.15, 0.2) is 16.9 Å². The van der Waals surface area contributed by atoms with Crippen LogP contribution >= 0.6 is 0 Å². The summed E-state index contributed by atoms with van der Waals surface area (Å²) in [5, 5.41) is 3.56. The summed E-state index contributed by atoms with van der Waals surface area (Å²) in [5.74, 6) is -0.224. The number of aromatic nitrogens is 1. The Morgan fingerprint density at radius 3 is 2.53 bits per heavy atom. The van der Waals surface area contributed by atoms with Crippen LogP contribution in [0.1, 0.15) is 5.69 Å². The first-order valence-corrected chi connectivity index (χ1v) is 7.46. The molecule has 0 saturated carbocycles. The number of nitrogens with zero attached hydrogens (tertiary/aromatic N) is 3. The molecule has 0 unspecified atom stereocenters. The Bertz CT molecular complexity index is 484. The van der Waals surface area contributed by atoms with Gasteiger partial charge in [0.15, 0.2) is 0 Å². The van der Waals surface area contributed by atoms with Crippen molar-refractivity contribution in [2.45, 2.75) is 12.2 Å². The van der Waals surface area contributed by atoms with Crippen LogP contribution in [-0.2, 0) is 15.8 Å². The number of alkyl halides is 2. The van der Waals surface area contributed by atoms with Gasteiger partial charge in [0.2, 0.25) is 10.0 Å². The molecular weight excluding hydrogens is 280 g/mol. The monoisotopic (exact) mass is 295 g/mol. The lowest BCUT2D eigenvalue weighted by atomic mass is 10.3. The quantitative estimate of drug-likeness (QED) is 0.786. The van der Waals surface area contributed by atoms with Gasteiger partial charge in [-0.3, -0.25) is 4.90 Å². The van der Waals surface area contributed by atoms with Gasteiger partial charge in [-0.1, -0.05) is 5.16 Å². The lowest BCUT2D eigenvalue weighted by Gasteiger charge is -2.33. The van der Waals surface area contributed by atoms with Gasteiger partial charge < -0.3 is 4.52 Å². The van der Waals surface area contributed by atoms with Crippen LogP contribution in [0.2, 0.25) is 0 Å². The van der Waals surface area contributed by atoms with Crippen molar-refractivity contribution in [1.82, 2.24) is 14.4 Å². The molecule has 0 radical (unpaired) electrons. The molecule has 2 rings (SSSR count). The van der Waals surface area contributed by atoms with Gasteiger partial charge >= 0.3 is 0 Å². The molecule has 1 aliphatic rings. The normalized spacial score (nSPS) is 19.1. The molecule has 0 spiro atoms. The van der Waals surface area contributed by atoms with E-state index in [1.807, 2.05) is 0 Å². The molecule has 0 aliphatic carbocycles. The molecule has 0 N–H and O–H groups in total. The van der Waals surface area contributed by atoms with E-state index in [-0.39, 0.29) is 25.4 Å². The molecule has 2 heterocycles. The average molecular weight is 295 g/mol. The zero-order valence-electron chi connectivity index (χ0n) is 10.2. The Morgan fingerprint density at radius 1 is 1.32 bits per heavy atom. The SMILES string of the molecule is O=S(=O)(Cc1ccon1)N1CCN(CC(F)F)CC1. The summed E-state index contributed by atoms with van der Waals surface area (Å²) in [5.41, 5.74) is 0.343. The highest BCUT2D eigenvalue weighted by atomic mass is 32.2.